The number of fused-ring (bicyclic) bond motifs is 3. The quantitative estimate of drug-likeness (QED) is 0.788. The van der Waals surface area contributed by atoms with Gasteiger partial charge in [-0.05, 0) is 29.5 Å². The Morgan fingerprint density at radius 2 is 1.91 bits per heavy atom. The largest absolute Gasteiger partial charge is 0.324 e. The molecule has 5 nitrogen and oxygen atoms in total. The van der Waals surface area contributed by atoms with E-state index in [1.54, 1.807) is 0 Å². The second kappa shape index (κ2) is 4.91. The molecule has 0 saturated heterocycles. The standard InChI is InChI=1S/C18H19N5/c1-18(2)9-12-10-19-17(21-13-7-5-4-6-8-13)22-15(12)16-14(18)11-20-23(16)3/h4-8,10-11H,9H2,1-3H3,(H,19,21,22). The molecule has 1 aliphatic rings. The van der Waals surface area contributed by atoms with Gasteiger partial charge < -0.3 is 5.32 Å². The predicted octanol–water partition coefficient (Wildman–Crippen LogP) is 3.45. The van der Waals surface area contributed by atoms with Crippen LogP contribution in [0.15, 0.2) is 42.7 Å². The van der Waals surface area contributed by atoms with Crippen molar-refractivity contribution in [1.29, 1.82) is 0 Å². The number of nitrogens with one attached hydrogen (secondary N) is 1. The van der Waals surface area contributed by atoms with Gasteiger partial charge in [-0.2, -0.15) is 5.10 Å². The molecule has 5 heteroatoms. The van der Waals surface area contributed by atoms with Gasteiger partial charge in [-0.25, -0.2) is 9.97 Å². The molecule has 0 amide bonds. The number of aromatic nitrogens is 4. The highest BCUT2D eigenvalue weighted by atomic mass is 15.3. The Morgan fingerprint density at radius 3 is 2.70 bits per heavy atom. The average Bonchev–Trinajstić information content (AvgIpc) is 2.92. The minimum Gasteiger partial charge on any atom is -0.324 e. The molecule has 0 fully saturated rings. The first kappa shape index (κ1) is 13.9. The van der Waals surface area contributed by atoms with E-state index in [-0.39, 0.29) is 5.41 Å². The van der Waals surface area contributed by atoms with E-state index in [9.17, 15) is 0 Å². The van der Waals surface area contributed by atoms with Crippen LogP contribution in [0.2, 0.25) is 0 Å². The summed E-state index contributed by atoms with van der Waals surface area (Å²) in [5.41, 5.74) is 5.52. The molecular formula is C18H19N5. The summed E-state index contributed by atoms with van der Waals surface area (Å²) < 4.78 is 1.91. The predicted molar refractivity (Wildman–Crippen MR) is 90.7 cm³/mol. The van der Waals surface area contributed by atoms with Gasteiger partial charge in [-0.3, -0.25) is 4.68 Å². The molecule has 1 aromatic carbocycles. The van der Waals surface area contributed by atoms with E-state index in [4.69, 9.17) is 4.98 Å². The number of para-hydroxylation sites is 1. The molecule has 0 radical (unpaired) electrons. The van der Waals surface area contributed by atoms with Crippen LogP contribution in [0.3, 0.4) is 0 Å². The Labute approximate surface area is 135 Å². The van der Waals surface area contributed by atoms with Crippen LogP contribution in [0.4, 0.5) is 11.6 Å². The minimum absolute atomic E-state index is 0.0499. The van der Waals surface area contributed by atoms with Gasteiger partial charge in [0.1, 0.15) is 0 Å². The molecular weight excluding hydrogens is 286 g/mol. The minimum atomic E-state index is 0.0499. The summed E-state index contributed by atoms with van der Waals surface area (Å²) >= 11 is 0. The van der Waals surface area contributed by atoms with E-state index >= 15 is 0 Å². The van der Waals surface area contributed by atoms with E-state index in [0.717, 1.165) is 23.5 Å². The molecule has 23 heavy (non-hydrogen) atoms. The number of nitrogens with zero attached hydrogens (tertiary/aromatic N) is 4. The van der Waals surface area contributed by atoms with Gasteiger partial charge in [0.15, 0.2) is 0 Å². The van der Waals surface area contributed by atoms with Crippen LogP contribution in [-0.2, 0) is 18.9 Å². The first-order chi connectivity index (χ1) is 11.0. The lowest BCUT2D eigenvalue weighted by molar-refractivity contribution is 0.513. The summed E-state index contributed by atoms with van der Waals surface area (Å²) in [6, 6.07) is 9.97. The third-order valence-electron chi connectivity index (χ3n) is 4.42. The average molecular weight is 305 g/mol. The lowest BCUT2D eigenvalue weighted by Gasteiger charge is -2.30. The molecule has 0 bridgehead atoms. The van der Waals surface area contributed by atoms with E-state index in [1.165, 1.54) is 11.1 Å². The summed E-state index contributed by atoms with van der Waals surface area (Å²) in [5.74, 6) is 0.613. The van der Waals surface area contributed by atoms with Gasteiger partial charge in [0.05, 0.1) is 17.6 Å². The number of hydrogen-bond donors (Lipinski definition) is 1. The van der Waals surface area contributed by atoms with E-state index in [1.807, 2.05) is 54.5 Å². The van der Waals surface area contributed by atoms with Gasteiger partial charge in [0.2, 0.25) is 5.95 Å². The number of aryl methyl sites for hydroxylation is 1. The summed E-state index contributed by atoms with van der Waals surface area (Å²) in [4.78, 5) is 9.25. The van der Waals surface area contributed by atoms with Crippen molar-refractivity contribution in [3.05, 3.63) is 53.9 Å². The summed E-state index contributed by atoms with van der Waals surface area (Å²) in [6.07, 6.45) is 4.82. The molecule has 1 aliphatic carbocycles. The van der Waals surface area contributed by atoms with Crippen molar-refractivity contribution in [2.45, 2.75) is 25.7 Å². The van der Waals surface area contributed by atoms with Crippen molar-refractivity contribution >= 4 is 11.6 Å². The van der Waals surface area contributed by atoms with Crippen LogP contribution in [0, 0.1) is 0 Å². The Balaban J connectivity index is 1.80. The maximum absolute atomic E-state index is 4.77. The smallest absolute Gasteiger partial charge is 0.227 e. The molecule has 0 atom stereocenters. The van der Waals surface area contributed by atoms with Gasteiger partial charge in [-0.1, -0.05) is 32.0 Å². The second-order valence-corrected chi connectivity index (χ2v) is 6.65. The SMILES string of the molecule is Cn1ncc2c1-c1nc(Nc3ccccc3)ncc1CC2(C)C. The zero-order valence-corrected chi connectivity index (χ0v) is 13.5. The van der Waals surface area contributed by atoms with Crippen LogP contribution in [-0.4, -0.2) is 19.7 Å². The summed E-state index contributed by atoms with van der Waals surface area (Å²) in [7, 11) is 1.97. The molecule has 0 aliphatic heterocycles. The molecule has 2 heterocycles. The van der Waals surface area contributed by atoms with Gasteiger partial charge in [0.25, 0.3) is 0 Å². The van der Waals surface area contributed by atoms with Crippen molar-refractivity contribution < 1.29 is 0 Å². The van der Waals surface area contributed by atoms with Crippen molar-refractivity contribution in [3.63, 3.8) is 0 Å². The Hall–Kier alpha value is -2.69. The van der Waals surface area contributed by atoms with E-state index in [2.05, 4.69) is 29.2 Å². The van der Waals surface area contributed by atoms with Crippen molar-refractivity contribution in [2.75, 3.05) is 5.32 Å². The number of rotatable bonds is 2. The fourth-order valence-electron chi connectivity index (χ4n) is 3.24. The molecule has 0 spiro atoms. The summed E-state index contributed by atoms with van der Waals surface area (Å²) in [5, 5.41) is 7.71. The zero-order valence-electron chi connectivity index (χ0n) is 13.5. The maximum Gasteiger partial charge on any atom is 0.227 e. The zero-order chi connectivity index (χ0) is 16.0. The first-order valence-electron chi connectivity index (χ1n) is 7.75. The van der Waals surface area contributed by atoms with Crippen LogP contribution in [0.25, 0.3) is 11.4 Å². The number of anilines is 2. The highest BCUT2D eigenvalue weighted by Gasteiger charge is 2.34. The van der Waals surface area contributed by atoms with Crippen LogP contribution in [0.5, 0.6) is 0 Å². The van der Waals surface area contributed by atoms with Crippen LogP contribution in [0.1, 0.15) is 25.0 Å². The maximum atomic E-state index is 4.77. The fraction of sp³-hybridized carbons (Fsp3) is 0.278. The molecule has 116 valence electrons. The Kier molecular flexibility index (Phi) is 2.98. The van der Waals surface area contributed by atoms with Gasteiger partial charge >= 0.3 is 0 Å². The highest BCUT2D eigenvalue weighted by molar-refractivity contribution is 5.69. The van der Waals surface area contributed by atoms with Crippen molar-refractivity contribution in [1.82, 2.24) is 19.7 Å². The second-order valence-electron chi connectivity index (χ2n) is 6.65. The molecule has 2 aromatic heterocycles. The van der Waals surface area contributed by atoms with E-state index in [0.29, 0.717) is 5.95 Å². The lowest BCUT2D eigenvalue weighted by Crippen LogP contribution is -2.26. The van der Waals surface area contributed by atoms with Crippen molar-refractivity contribution in [3.8, 4) is 11.4 Å². The van der Waals surface area contributed by atoms with Gasteiger partial charge in [0, 0.05) is 24.5 Å². The summed E-state index contributed by atoms with van der Waals surface area (Å²) in [6.45, 7) is 4.49. The topological polar surface area (TPSA) is 55.6 Å². The number of benzene rings is 1. The highest BCUT2D eigenvalue weighted by Crippen LogP contribution is 2.41. The first-order valence-corrected chi connectivity index (χ1v) is 7.75. The normalized spacial score (nSPS) is 14.9. The van der Waals surface area contributed by atoms with Crippen LogP contribution >= 0.6 is 0 Å². The lowest BCUT2D eigenvalue weighted by atomic mass is 9.74. The van der Waals surface area contributed by atoms with Gasteiger partial charge in [-0.15, -0.1) is 0 Å². The molecule has 0 unspecified atom stereocenters. The molecule has 3 aromatic rings. The molecule has 1 N–H and O–H groups in total. The Morgan fingerprint density at radius 1 is 1.13 bits per heavy atom. The van der Waals surface area contributed by atoms with Crippen LogP contribution < -0.4 is 5.32 Å². The Bertz CT molecular complexity index is 864. The monoisotopic (exact) mass is 305 g/mol. The van der Waals surface area contributed by atoms with E-state index < -0.39 is 0 Å². The molecule has 4 rings (SSSR count). The third kappa shape index (κ3) is 2.29. The van der Waals surface area contributed by atoms with Crippen molar-refractivity contribution in [2.24, 2.45) is 7.05 Å². The third-order valence-corrected chi connectivity index (χ3v) is 4.42. The number of hydrogen-bond acceptors (Lipinski definition) is 4. The fourth-order valence-corrected chi connectivity index (χ4v) is 3.24. The molecule has 0 saturated carbocycles.